The van der Waals surface area contributed by atoms with Gasteiger partial charge >= 0.3 is 6.09 Å². The molecule has 0 aliphatic carbocycles. The van der Waals surface area contributed by atoms with Crippen LogP contribution in [0.4, 0.5) is 4.79 Å². The predicted octanol–water partition coefficient (Wildman–Crippen LogP) is 5.89. The van der Waals surface area contributed by atoms with Crippen molar-refractivity contribution >= 4 is 6.09 Å². The Morgan fingerprint density at radius 3 is 2.45 bits per heavy atom. The minimum absolute atomic E-state index is 0.00593. The molecule has 6 nitrogen and oxygen atoms in total. The molecule has 1 aliphatic heterocycles. The summed E-state index contributed by atoms with van der Waals surface area (Å²) >= 11 is 0. The van der Waals surface area contributed by atoms with Crippen LogP contribution >= 0.6 is 0 Å². The summed E-state index contributed by atoms with van der Waals surface area (Å²) in [6.07, 6.45) is 11.6. The molecule has 3 rings (SSSR count). The zero-order chi connectivity index (χ0) is 20.5. The Bertz CT molecular complexity index is 757. The second-order valence-corrected chi connectivity index (χ2v) is 8.09. The Labute approximate surface area is 173 Å². The summed E-state index contributed by atoms with van der Waals surface area (Å²) in [5.74, 6) is 1.10. The van der Waals surface area contributed by atoms with Crippen molar-refractivity contribution in [3.8, 4) is 11.4 Å². The van der Waals surface area contributed by atoms with E-state index in [1.807, 2.05) is 12.1 Å². The van der Waals surface area contributed by atoms with Gasteiger partial charge in [-0.15, -0.1) is 0 Å². The van der Waals surface area contributed by atoms with E-state index in [9.17, 15) is 4.79 Å². The fraction of sp³-hybridized carbons (Fsp3) is 0.609. The van der Waals surface area contributed by atoms with Gasteiger partial charge in [-0.2, -0.15) is 4.98 Å². The number of rotatable bonds is 11. The highest BCUT2D eigenvalue weighted by molar-refractivity contribution is 5.65. The highest BCUT2D eigenvalue weighted by Gasteiger charge is 2.31. The largest absolute Gasteiger partial charge is 0.465 e. The number of amides is 1. The number of nitrogens with zero attached hydrogens (tertiary/aromatic N) is 3. The molecule has 1 fully saturated rings. The van der Waals surface area contributed by atoms with E-state index in [0.29, 0.717) is 24.8 Å². The van der Waals surface area contributed by atoms with E-state index in [0.717, 1.165) is 18.4 Å². The highest BCUT2D eigenvalue weighted by atomic mass is 16.5. The molecule has 2 aromatic rings. The van der Waals surface area contributed by atoms with Crippen molar-refractivity contribution < 1.29 is 14.4 Å². The van der Waals surface area contributed by atoms with Crippen LogP contribution in [0.1, 0.15) is 82.1 Å². The maximum atomic E-state index is 11.1. The summed E-state index contributed by atoms with van der Waals surface area (Å²) in [5, 5.41) is 13.2. The SMILES string of the molecule is CCCCCCCCCCc1ccc(-c2noc(C3CCN(C(=O)O)C3)n2)cc1. The molecule has 158 valence electrons. The molecule has 29 heavy (non-hydrogen) atoms. The Balaban J connectivity index is 1.42. The van der Waals surface area contributed by atoms with Crippen LogP contribution in [0.15, 0.2) is 28.8 Å². The van der Waals surface area contributed by atoms with Crippen LogP contribution < -0.4 is 0 Å². The van der Waals surface area contributed by atoms with E-state index in [2.05, 4.69) is 29.2 Å². The average molecular weight is 400 g/mol. The number of carbonyl (C=O) groups is 1. The number of unbranched alkanes of at least 4 members (excludes halogenated alkanes) is 7. The van der Waals surface area contributed by atoms with Crippen molar-refractivity contribution in [2.45, 2.75) is 77.0 Å². The summed E-state index contributed by atoms with van der Waals surface area (Å²) in [4.78, 5) is 17.0. The Morgan fingerprint density at radius 1 is 1.10 bits per heavy atom. The van der Waals surface area contributed by atoms with Crippen LogP contribution in [0, 0.1) is 0 Å². The molecule has 1 aliphatic rings. The lowest BCUT2D eigenvalue weighted by Gasteiger charge is -2.09. The van der Waals surface area contributed by atoms with Gasteiger partial charge in [-0.25, -0.2) is 4.79 Å². The number of hydrogen-bond donors (Lipinski definition) is 1. The fourth-order valence-electron chi connectivity index (χ4n) is 3.94. The molecule has 1 atom stereocenters. The van der Waals surface area contributed by atoms with Gasteiger partial charge in [-0.05, 0) is 24.8 Å². The molecule has 6 heteroatoms. The maximum absolute atomic E-state index is 11.1. The number of aryl methyl sites for hydroxylation is 1. The van der Waals surface area contributed by atoms with Crippen LogP contribution in [0.5, 0.6) is 0 Å². The molecule has 1 saturated heterocycles. The minimum atomic E-state index is -0.890. The van der Waals surface area contributed by atoms with Crippen molar-refractivity contribution in [3.63, 3.8) is 0 Å². The maximum Gasteiger partial charge on any atom is 0.407 e. The van der Waals surface area contributed by atoms with E-state index in [-0.39, 0.29) is 5.92 Å². The molecule has 1 amide bonds. The van der Waals surface area contributed by atoms with E-state index >= 15 is 0 Å². The molecule has 1 aromatic heterocycles. The van der Waals surface area contributed by atoms with Crippen LogP contribution in [0.25, 0.3) is 11.4 Å². The van der Waals surface area contributed by atoms with Gasteiger partial charge < -0.3 is 14.5 Å². The number of benzene rings is 1. The number of aromatic nitrogens is 2. The molecule has 1 N–H and O–H groups in total. The first kappa shape index (κ1) is 21.3. The minimum Gasteiger partial charge on any atom is -0.465 e. The summed E-state index contributed by atoms with van der Waals surface area (Å²) in [6.45, 7) is 3.20. The summed E-state index contributed by atoms with van der Waals surface area (Å²) in [7, 11) is 0. The quantitative estimate of drug-likeness (QED) is 0.477. The summed E-state index contributed by atoms with van der Waals surface area (Å²) in [6, 6.07) is 8.39. The van der Waals surface area contributed by atoms with Gasteiger partial charge in [0.1, 0.15) is 0 Å². The Morgan fingerprint density at radius 2 is 1.79 bits per heavy atom. The molecule has 1 aromatic carbocycles. The lowest BCUT2D eigenvalue weighted by atomic mass is 10.0. The Hall–Kier alpha value is -2.37. The van der Waals surface area contributed by atoms with Crippen molar-refractivity contribution in [3.05, 3.63) is 35.7 Å². The molecule has 0 radical (unpaired) electrons. The first-order valence-corrected chi connectivity index (χ1v) is 11.1. The molecule has 0 bridgehead atoms. The topological polar surface area (TPSA) is 79.5 Å². The smallest absolute Gasteiger partial charge is 0.407 e. The third-order valence-electron chi connectivity index (χ3n) is 5.78. The van der Waals surface area contributed by atoms with Crippen LogP contribution in [-0.2, 0) is 6.42 Å². The van der Waals surface area contributed by atoms with E-state index in [4.69, 9.17) is 9.63 Å². The lowest BCUT2D eigenvalue weighted by molar-refractivity contribution is 0.154. The van der Waals surface area contributed by atoms with E-state index < -0.39 is 6.09 Å². The van der Waals surface area contributed by atoms with Crippen molar-refractivity contribution in [1.29, 1.82) is 0 Å². The zero-order valence-corrected chi connectivity index (χ0v) is 17.5. The van der Waals surface area contributed by atoms with Crippen LogP contribution in [0.3, 0.4) is 0 Å². The summed E-state index contributed by atoms with van der Waals surface area (Å²) in [5.41, 5.74) is 2.28. The number of likely N-dealkylation sites (tertiary alicyclic amines) is 1. The van der Waals surface area contributed by atoms with E-state index in [1.54, 1.807) is 0 Å². The molecule has 1 unspecified atom stereocenters. The highest BCUT2D eigenvalue weighted by Crippen LogP contribution is 2.28. The van der Waals surface area contributed by atoms with Crippen molar-refractivity contribution in [1.82, 2.24) is 15.0 Å². The van der Waals surface area contributed by atoms with Gasteiger partial charge in [0, 0.05) is 18.7 Å². The monoisotopic (exact) mass is 399 g/mol. The first-order valence-electron chi connectivity index (χ1n) is 11.1. The summed E-state index contributed by atoms with van der Waals surface area (Å²) < 4.78 is 5.41. The first-order chi connectivity index (χ1) is 14.2. The van der Waals surface area contributed by atoms with Gasteiger partial charge in [0.15, 0.2) is 0 Å². The molecule has 0 spiro atoms. The van der Waals surface area contributed by atoms with Crippen molar-refractivity contribution in [2.24, 2.45) is 0 Å². The number of carboxylic acid groups (broad SMARTS) is 1. The third-order valence-corrected chi connectivity index (χ3v) is 5.78. The normalized spacial score (nSPS) is 16.4. The van der Waals surface area contributed by atoms with Gasteiger partial charge in [-0.3, -0.25) is 0 Å². The lowest BCUT2D eigenvalue weighted by Crippen LogP contribution is -2.26. The second-order valence-electron chi connectivity index (χ2n) is 8.09. The average Bonchev–Trinajstić information content (AvgIpc) is 3.40. The Kier molecular flexibility index (Phi) is 8.08. The molecular weight excluding hydrogens is 366 g/mol. The fourth-order valence-corrected chi connectivity index (χ4v) is 3.94. The zero-order valence-electron chi connectivity index (χ0n) is 17.5. The van der Waals surface area contributed by atoms with Gasteiger partial charge in [-0.1, -0.05) is 81.3 Å². The van der Waals surface area contributed by atoms with Gasteiger partial charge in [0.05, 0.1) is 5.92 Å². The molecule has 2 heterocycles. The van der Waals surface area contributed by atoms with Gasteiger partial charge in [0.2, 0.25) is 11.7 Å². The van der Waals surface area contributed by atoms with Crippen molar-refractivity contribution in [2.75, 3.05) is 13.1 Å². The van der Waals surface area contributed by atoms with E-state index in [1.165, 1.54) is 61.8 Å². The molecule has 0 saturated carbocycles. The van der Waals surface area contributed by atoms with Gasteiger partial charge in [0.25, 0.3) is 0 Å². The molecular formula is C23H33N3O3. The number of hydrogen-bond acceptors (Lipinski definition) is 4. The third kappa shape index (κ3) is 6.31. The standard InChI is InChI=1S/C23H33N3O3/c1-2-3-4-5-6-7-8-9-10-18-11-13-19(14-12-18)21-24-22(29-25-21)20-15-16-26(17-20)23(27)28/h11-14,20H,2-10,15-17H2,1H3,(H,27,28). The van der Waals surface area contributed by atoms with Crippen LogP contribution in [0.2, 0.25) is 0 Å². The predicted molar refractivity (Wildman–Crippen MR) is 113 cm³/mol. The van der Waals surface area contributed by atoms with Crippen LogP contribution in [-0.4, -0.2) is 39.3 Å². The second kappa shape index (κ2) is 11.0.